The van der Waals surface area contributed by atoms with Crippen LogP contribution in [-0.4, -0.2) is 75.1 Å². The molecule has 210 valence electrons. The van der Waals surface area contributed by atoms with Gasteiger partial charge in [-0.25, -0.2) is 17.6 Å². The highest BCUT2D eigenvalue weighted by atomic mass is 35.5. The number of nitrogens with zero attached hydrogens (tertiary/aromatic N) is 3. The molecule has 2 saturated heterocycles. The van der Waals surface area contributed by atoms with Gasteiger partial charge < -0.3 is 20.3 Å². The van der Waals surface area contributed by atoms with Crippen LogP contribution in [0.4, 0.5) is 9.18 Å². The Kier molecular flexibility index (Phi) is 9.91. The van der Waals surface area contributed by atoms with Gasteiger partial charge in [-0.05, 0) is 62.1 Å². The first kappa shape index (κ1) is 29.4. The SMILES string of the molecule is N#Cc1ccc(Oc2cc(Cl)cc(Cl)c2)c(S(=O)(=O)N2CCC(NC(=O)NCCN3CCC(F)CC3)CC2)c1. The second-order valence-electron chi connectivity index (χ2n) is 9.58. The Morgan fingerprint density at radius 1 is 1.05 bits per heavy atom. The number of hydrogen-bond acceptors (Lipinski definition) is 6. The fourth-order valence-corrected chi connectivity index (χ4v) is 6.76. The Hall–Kier alpha value is -2.62. The zero-order valence-corrected chi connectivity index (χ0v) is 23.5. The number of nitrogens with one attached hydrogen (secondary N) is 2. The zero-order valence-electron chi connectivity index (χ0n) is 21.2. The van der Waals surface area contributed by atoms with E-state index in [4.69, 9.17) is 27.9 Å². The highest BCUT2D eigenvalue weighted by Gasteiger charge is 2.32. The maximum Gasteiger partial charge on any atom is 0.315 e. The number of alkyl halides is 1. The molecular weight excluding hydrogens is 568 g/mol. The molecule has 0 radical (unpaired) electrons. The smallest absolute Gasteiger partial charge is 0.315 e. The number of benzene rings is 2. The van der Waals surface area contributed by atoms with Crippen molar-refractivity contribution in [2.75, 3.05) is 39.3 Å². The maximum atomic E-state index is 13.6. The van der Waals surface area contributed by atoms with Gasteiger partial charge in [-0.3, -0.25) is 0 Å². The Labute approximate surface area is 237 Å². The molecule has 2 aromatic rings. The molecular formula is C26H30Cl2FN5O4S. The number of nitriles is 1. The van der Waals surface area contributed by atoms with Crippen molar-refractivity contribution in [2.45, 2.75) is 42.8 Å². The van der Waals surface area contributed by atoms with E-state index < -0.39 is 16.2 Å². The number of piperidine rings is 2. The second-order valence-corrected chi connectivity index (χ2v) is 12.4. The third kappa shape index (κ3) is 7.96. The fourth-order valence-electron chi connectivity index (χ4n) is 4.65. The summed E-state index contributed by atoms with van der Waals surface area (Å²) in [7, 11) is -4.02. The van der Waals surface area contributed by atoms with Crippen LogP contribution in [0.2, 0.25) is 10.0 Å². The molecule has 0 atom stereocenters. The molecule has 13 heteroatoms. The lowest BCUT2D eigenvalue weighted by molar-refractivity contribution is 0.151. The van der Waals surface area contributed by atoms with E-state index in [-0.39, 0.29) is 47.1 Å². The van der Waals surface area contributed by atoms with E-state index >= 15 is 0 Å². The molecule has 2 heterocycles. The Bertz CT molecular complexity index is 1300. The topological polar surface area (TPSA) is 115 Å². The first-order chi connectivity index (χ1) is 18.6. The summed E-state index contributed by atoms with van der Waals surface area (Å²) >= 11 is 12.1. The van der Waals surface area contributed by atoms with E-state index in [9.17, 15) is 22.9 Å². The van der Waals surface area contributed by atoms with Crippen LogP contribution < -0.4 is 15.4 Å². The number of carbonyl (C=O) groups is 1. The minimum atomic E-state index is -4.02. The molecule has 2 aliphatic rings. The number of ether oxygens (including phenoxy) is 1. The number of rotatable bonds is 8. The van der Waals surface area contributed by atoms with Crippen molar-refractivity contribution >= 4 is 39.3 Å². The quantitative estimate of drug-likeness (QED) is 0.461. The van der Waals surface area contributed by atoms with Crippen molar-refractivity contribution in [3.63, 3.8) is 0 Å². The van der Waals surface area contributed by atoms with E-state index in [1.54, 1.807) is 0 Å². The predicted molar refractivity (Wildman–Crippen MR) is 147 cm³/mol. The average molecular weight is 599 g/mol. The van der Waals surface area contributed by atoms with Crippen LogP contribution in [0.1, 0.15) is 31.2 Å². The zero-order chi connectivity index (χ0) is 28.0. The molecule has 39 heavy (non-hydrogen) atoms. The van der Waals surface area contributed by atoms with Gasteiger partial charge in [0.25, 0.3) is 0 Å². The molecule has 0 bridgehead atoms. The average Bonchev–Trinajstić information content (AvgIpc) is 2.90. The van der Waals surface area contributed by atoms with E-state index in [2.05, 4.69) is 15.5 Å². The van der Waals surface area contributed by atoms with Gasteiger partial charge in [0.1, 0.15) is 22.6 Å². The van der Waals surface area contributed by atoms with Gasteiger partial charge in [0.15, 0.2) is 0 Å². The number of sulfonamides is 1. The number of amides is 2. The van der Waals surface area contributed by atoms with Crippen molar-refractivity contribution < 1.29 is 22.3 Å². The number of urea groups is 1. The lowest BCUT2D eigenvalue weighted by Gasteiger charge is -2.32. The molecule has 0 saturated carbocycles. The number of carbonyl (C=O) groups excluding carboxylic acids is 1. The van der Waals surface area contributed by atoms with Gasteiger partial charge in [0.2, 0.25) is 10.0 Å². The molecule has 0 aliphatic carbocycles. The van der Waals surface area contributed by atoms with Crippen LogP contribution in [0.3, 0.4) is 0 Å². The van der Waals surface area contributed by atoms with Crippen molar-refractivity contribution in [2.24, 2.45) is 0 Å². The fraction of sp³-hybridized carbons (Fsp3) is 0.462. The van der Waals surface area contributed by atoms with Crippen LogP contribution in [0.25, 0.3) is 0 Å². The second kappa shape index (κ2) is 13.2. The van der Waals surface area contributed by atoms with Gasteiger partial charge >= 0.3 is 6.03 Å². The van der Waals surface area contributed by atoms with Crippen molar-refractivity contribution in [1.29, 1.82) is 5.26 Å². The Morgan fingerprint density at radius 3 is 2.36 bits per heavy atom. The van der Waals surface area contributed by atoms with Gasteiger partial charge in [0, 0.05) is 55.4 Å². The summed E-state index contributed by atoms with van der Waals surface area (Å²) in [6.45, 7) is 2.86. The van der Waals surface area contributed by atoms with Gasteiger partial charge in [0.05, 0.1) is 11.6 Å². The monoisotopic (exact) mass is 597 g/mol. The highest BCUT2D eigenvalue weighted by molar-refractivity contribution is 7.89. The van der Waals surface area contributed by atoms with Crippen LogP contribution in [0.15, 0.2) is 41.3 Å². The standard InChI is InChI=1S/C26H30Cl2FN5O4S/c27-19-14-20(28)16-23(15-19)38-24-2-1-18(17-30)13-25(24)39(36,37)34-10-5-22(6-11-34)32-26(35)31-7-12-33-8-3-21(29)4-9-33/h1-2,13-16,21-22H,3-12H2,(H2,31,32,35). The van der Waals surface area contributed by atoms with Crippen molar-refractivity contribution in [3.8, 4) is 17.6 Å². The van der Waals surface area contributed by atoms with E-state index in [1.165, 1.54) is 40.7 Å². The minimum Gasteiger partial charge on any atom is -0.456 e. The van der Waals surface area contributed by atoms with Crippen molar-refractivity contribution in [1.82, 2.24) is 19.8 Å². The first-order valence-corrected chi connectivity index (χ1v) is 14.9. The Morgan fingerprint density at radius 2 is 1.72 bits per heavy atom. The van der Waals surface area contributed by atoms with Crippen molar-refractivity contribution in [3.05, 3.63) is 52.0 Å². The van der Waals surface area contributed by atoms with E-state index in [0.29, 0.717) is 61.9 Å². The number of halogens is 3. The van der Waals surface area contributed by atoms with Crippen LogP contribution in [0, 0.1) is 11.3 Å². The van der Waals surface area contributed by atoms with Gasteiger partial charge in [-0.1, -0.05) is 23.2 Å². The molecule has 0 aromatic heterocycles. The Balaban J connectivity index is 1.34. The lowest BCUT2D eigenvalue weighted by atomic mass is 10.1. The third-order valence-corrected chi connectivity index (χ3v) is 9.13. The molecule has 0 spiro atoms. The summed E-state index contributed by atoms with van der Waals surface area (Å²) in [5, 5.41) is 15.7. The normalized spacial score (nSPS) is 17.9. The molecule has 2 aromatic carbocycles. The van der Waals surface area contributed by atoms with Crippen LogP contribution in [0.5, 0.6) is 11.5 Å². The number of likely N-dealkylation sites (tertiary alicyclic amines) is 1. The van der Waals surface area contributed by atoms with Crippen LogP contribution >= 0.6 is 23.2 Å². The largest absolute Gasteiger partial charge is 0.456 e. The minimum absolute atomic E-state index is 0.0442. The molecule has 2 fully saturated rings. The summed E-state index contributed by atoms with van der Waals surface area (Å²) in [5.41, 5.74) is 0.173. The summed E-state index contributed by atoms with van der Waals surface area (Å²) in [5.74, 6) is 0.303. The third-order valence-electron chi connectivity index (χ3n) is 6.77. The van der Waals surface area contributed by atoms with Gasteiger partial charge in [-0.2, -0.15) is 9.57 Å². The van der Waals surface area contributed by atoms with Gasteiger partial charge in [-0.15, -0.1) is 0 Å². The van der Waals surface area contributed by atoms with E-state index in [0.717, 1.165) is 0 Å². The summed E-state index contributed by atoms with van der Waals surface area (Å²) in [6.07, 6.45) is 1.17. The predicted octanol–water partition coefficient (Wildman–Crippen LogP) is 4.54. The number of hydrogen-bond donors (Lipinski definition) is 2. The summed E-state index contributed by atoms with van der Waals surface area (Å²) < 4.78 is 47.6. The van der Waals surface area contributed by atoms with E-state index in [1.807, 2.05) is 6.07 Å². The maximum absolute atomic E-state index is 13.6. The summed E-state index contributed by atoms with van der Waals surface area (Å²) in [6, 6.07) is 10.2. The van der Waals surface area contributed by atoms with Crippen LogP contribution in [-0.2, 0) is 10.0 Å². The summed E-state index contributed by atoms with van der Waals surface area (Å²) in [4.78, 5) is 14.3. The molecule has 9 nitrogen and oxygen atoms in total. The molecule has 0 unspecified atom stereocenters. The highest BCUT2D eigenvalue weighted by Crippen LogP contribution is 2.35. The first-order valence-electron chi connectivity index (χ1n) is 12.7. The molecule has 2 amide bonds. The molecule has 4 rings (SSSR count). The molecule has 2 N–H and O–H groups in total. The lowest BCUT2D eigenvalue weighted by Crippen LogP contribution is -2.50. The molecule has 2 aliphatic heterocycles.